The smallest absolute Gasteiger partial charge is 0.295 e. The Balaban J connectivity index is 3.67. The molecule has 0 bridgehead atoms. The minimum Gasteiger partial charge on any atom is -0.295 e. The second-order valence-electron chi connectivity index (χ2n) is 2.50. The molecule has 0 amide bonds. The van der Waals surface area contributed by atoms with Crippen molar-refractivity contribution in [3.05, 3.63) is 0 Å². The normalized spacial score (nSPS) is 13.9. The molecule has 0 aliphatic rings. The van der Waals surface area contributed by atoms with Gasteiger partial charge < -0.3 is 0 Å². The van der Waals surface area contributed by atoms with E-state index in [1.54, 1.807) is 0 Å². The van der Waals surface area contributed by atoms with Crippen molar-refractivity contribution in [2.45, 2.75) is 32.0 Å². The molecule has 0 aliphatic heterocycles. The Labute approximate surface area is 70.3 Å². The molecule has 0 fully saturated rings. The second kappa shape index (κ2) is 5.04. The van der Waals surface area contributed by atoms with Gasteiger partial charge >= 0.3 is 6.18 Å². The first kappa shape index (κ1) is 11.3. The maximum Gasteiger partial charge on any atom is 0.401 e. The Kier molecular flexibility index (Phi) is 4.75. The third-order valence-corrected chi connectivity index (χ3v) is 1.33. The molecular formula is C8H12F3N. The van der Waals surface area contributed by atoms with E-state index in [-0.39, 0.29) is 0 Å². The first-order valence-electron chi connectivity index (χ1n) is 3.76. The molecule has 0 saturated carbocycles. The van der Waals surface area contributed by atoms with E-state index in [0.717, 1.165) is 6.42 Å². The zero-order chi connectivity index (χ0) is 9.61. The van der Waals surface area contributed by atoms with E-state index >= 15 is 0 Å². The highest BCUT2D eigenvalue weighted by Crippen LogP contribution is 2.12. The van der Waals surface area contributed by atoms with Crippen LogP contribution in [-0.4, -0.2) is 18.8 Å². The van der Waals surface area contributed by atoms with E-state index in [1.165, 1.54) is 0 Å². The molecule has 0 rings (SSSR count). The first-order chi connectivity index (χ1) is 5.49. The zero-order valence-electron chi connectivity index (χ0n) is 6.91. The van der Waals surface area contributed by atoms with Crippen molar-refractivity contribution in [2.75, 3.05) is 6.54 Å². The summed E-state index contributed by atoms with van der Waals surface area (Å²) < 4.78 is 35.0. The molecule has 4 heteroatoms. The molecule has 0 aromatic carbocycles. The van der Waals surface area contributed by atoms with Gasteiger partial charge in [0.25, 0.3) is 0 Å². The largest absolute Gasteiger partial charge is 0.401 e. The number of hydrogen-bond acceptors (Lipinski definition) is 1. The predicted octanol–water partition coefficient (Wildman–Crippen LogP) is 1.94. The average molecular weight is 179 g/mol. The topological polar surface area (TPSA) is 12.0 Å². The molecule has 0 aromatic heterocycles. The SMILES string of the molecule is C#CC(CCC)NCC(F)(F)F. The van der Waals surface area contributed by atoms with Crippen molar-refractivity contribution >= 4 is 0 Å². The fourth-order valence-electron chi connectivity index (χ4n) is 0.772. The second-order valence-corrected chi connectivity index (χ2v) is 2.50. The van der Waals surface area contributed by atoms with E-state index in [2.05, 4.69) is 11.2 Å². The van der Waals surface area contributed by atoms with Gasteiger partial charge in [0, 0.05) is 0 Å². The van der Waals surface area contributed by atoms with Gasteiger partial charge in [0.2, 0.25) is 0 Å². The summed E-state index contributed by atoms with van der Waals surface area (Å²) in [7, 11) is 0. The quantitative estimate of drug-likeness (QED) is 0.650. The molecular weight excluding hydrogens is 167 g/mol. The van der Waals surface area contributed by atoms with Gasteiger partial charge in [0.05, 0.1) is 12.6 Å². The highest BCUT2D eigenvalue weighted by atomic mass is 19.4. The number of alkyl halides is 3. The van der Waals surface area contributed by atoms with E-state index in [4.69, 9.17) is 6.42 Å². The third kappa shape index (κ3) is 6.05. The summed E-state index contributed by atoms with van der Waals surface area (Å²) in [6.07, 6.45) is 2.18. The number of hydrogen-bond donors (Lipinski definition) is 1. The van der Waals surface area contributed by atoms with Crippen molar-refractivity contribution < 1.29 is 13.2 Å². The minimum atomic E-state index is -4.18. The molecule has 0 aromatic rings. The zero-order valence-corrected chi connectivity index (χ0v) is 6.91. The lowest BCUT2D eigenvalue weighted by Crippen LogP contribution is -2.36. The highest BCUT2D eigenvalue weighted by Gasteiger charge is 2.27. The standard InChI is InChI=1S/C8H12F3N/c1-3-5-7(4-2)12-6-8(9,10)11/h2,7,12H,3,5-6H2,1H3. The highest BCUT2D eigenvalue weighted by molar-refractivity contribution is 4.98. The van der Waals surface area contributed by atoms with Crippen LogP contribution in [0.3, 0.4) is 0 Å². The number of rotatable bonds is 4. The first-order valence-corrected chi connectivity index (χ1v) is 3.76. The van der Waals surface area contributed by atoms with Crippen molar-refractivity contribution in [1.29, 1.82) is 0 Å². The number of nitrogens with one attached hydrogen (secondary N) is 1. The molecule has 12 heavy (non-hydrogen) atoms. The van der Waals surface area contributed by atoms with Gasteiger partial charge in [-0.3, -0.25) is 5.32 Å². The lowest BCUT2D eigenvalue weighted by Gasteiger charge is -2.13. The predicted molar refractivity (Wildman–Crippen MR) is 41.6 cm³/mol. The Morgan fingerprint density at radius 2 is 2.08 bits per heavy atom. The van der Waals surface area contributed by atoms with Gasteiger partial charge in [0.15, 0.2) is 0 Å². The van der Waals surface area contributed by atoms with Gasteiger partial charge in [-0.2, -0.15) is 13.2 Å². The summed E-state index contributed by atoms with van der Waals surface area (Å²) in [6.45, 7) is 0.863. The maximum absolute atomic E-state index is 11.7. The lowest BCUT2D eigenvalue weighted by molar-refractivity contribution is -0.125. The molecule has 0 saturated heterocycles. The molecule has 0 radical (unpaired) electrons. The Hall–Kier alpha value is -0.690. The van der Waals surface area contributed by atoms with Gasteiger partial charge in [-0.1, -0.05) is 19.3 Å². The summed E-state index contributed by atoms with van der Waals surface area (Å²) >= 11 is 0. The summed E-state index contributed by atoms with van der Waals surface area (Å²) in [4.78, 5) is 0. The molecule has 1 N–H and O–H groups in total. The van der Waals surface area contributed by atoms with E-state index < -0.39 is 18.8 Å². The summed E-state index contributed by atoms with van der Waals surface area (Å²) in [5.41, 5.74) is 0. The van der Waals surface area contributed by atoms with Crippen LogP contribution in [0.4, 0.5) is 13.2 Å². The van der Waals surface area contributed by atoms with Crippen LogP contribution < -0.4 is 5.32 Å². The van der Waals surface area contributed by atoms with Crippen LogP contribution in [0.25, 0.3) is 0 Å². The van der Waals surface area contributed by atoms with Crippen molar-refractivity contribution in [3.63, 3.8) is 0 Å². The molecule has 0 spiro atoms. The van der Waals surface area contributed by atoms with Crippen molar-refractivity contribution in [3.8, 4) is 12.3 Å². The van der Waals surface area contributed by atoms with E-state index in [0.29, 0.717) is 6.42 Å². The van der Waals surface area contributed by atoms with Crippen molar-refractivity contribution in [2.24, 2.45) is 0 Å². The average Bonchev–Trinajstić information content (AvgIpc) is 1.96. The van der Waals surface area contributed by atoms with Gasteiger partial charge in [0.1, 0.15) is 0 Å². The summed E-state index contributed by atoms with van der Waals surface area (Å²) in [6, 6.07) is -0.461. The molecule has 1 atom stereocenters. The van der Waals surface area contributed by atoms with Crippen LogP contribution >= 0.6 is 0 Å². The molecule has 0 aliphatic carbocycles. The fraction of sp³-hybridized carbons (Fsp3) is 0.750. The van der Waals surface area contributed by atoms with Gasteiger partial charge in [-0.25, -0.2) is 0 Å². The molecule has 70 valence electrons. The number of halogens is 3. The third-order valence-electron chi connectivity index (χ3n) is 1.33. The van der Waals surface area contributed by atoms with Crippen molar-refractivity contribution in [1.82, 2.24) is 5.32 Å². The Bertz CT molecular complexity index is 157. The minimum absolute atomic E-state index is 0.461. The fourth-order valence-corrected chi connectivity index (χ4v) is 0.772. The van der Waals surface area contributed by atoms with Crippen LogP contribution in [0.1, 0.15) is 19.8 Å². The van der Waals surface area contributed by atoms with Crippen LogP contribution in [0.15, 0.2) is 0 Å². The number of terminal acetylenes is 1. The van der Waals surface area contributed by atoms with Crippen LogP contribution in [0.5, 0.6) is 0 Å². The molecule has 1 nitrogen and oxygen atoms in total. The maximum atomic E-state index is 11.7. The van der Waals surface area contributed by atoms with Crippen LogP contribution in [-0.2, 0) is 0 Å². The molecule has 1 unspecified atom stereocenters. The monoisotopic (exact) mass is 179 g/mol. The van der Waals surface area contributed by atoms with E-state index in [9.17, 15) is 13.2 Å². The summed E-state index contributed by atoms with van der Waals surface area (Å²) in [5, 5.41) is 2.25. The van der Waals surface area contributed by atoms with Gasteiger partial charge in [-0.15, -0.1) is 6.42 Å². The van der Waals surface area contributed by atoms with Crippen LogP contribution in [0.2, 0.25) is 0 Å². The van der Waals surface area contributed by atoms with Gasteiger partial charge in [-0.05, 0) is 6.42 Å². The van der Waals surface area contributed by atoms with E-state index in [1.807, 2.05) is 6.92 Å². The molecule has 0 heterocycles. The Morgan fingerprint density at radius 1 is 1.50 bits per heavy atom. The summed E-state index contributed by atoms with van der Waals surface area (Å²) in [5.74, 6) is 2.26. The lowest BCUT2D eigenvalue weighted by atomic mass is 10.2. The Morgan fingerprint density at radius 3 is 2.42 bits per heavy atom. The van der Waals surface area contributed by atoms with Crippen LogP contribution in [0, 0.1) is 12.3 Å².